The number of rotatable bonds is 7. The zero-order valence-electron chi connectivity index (χ0n) is 21.7. The van der Waals surface area contributed by atoms with Crippen molar-refractivity contribution in [2.24, 2.45) is 0 Å². The van der Waals surface area contributed by atoms with E-state index in [1.807, 2.05) is 121 Å². The van der Waals surface area contributed by atoms with Gasteiger partial charge in [-0.3, -0.25) is 9.59 Å². The maximum atomic E-state index is 13.3. The largest absolute Gasteiger partial charge is 0.350 e. The second kappa shape index (κ2) is 11.2. The lowest BCUT2D eigenvalue weighted by Crippen LogP contribution is -2.35. The fraction of sp³-hybridized carbons (Fsp3) is 0.0588. The molecule has 0 atom stereocenters. The molecule has 2 aromatic heterocycles. The van der Waals surface area contributed by atoms with Crippen molar-refractivity contribution >= 4 is 33.6 Å². The molecule has 194 valence electrons. The van der Waals surface area contributed by atoms with Gasteiger partial charge in [0, 0.05) is 35.0 Å². The maximum absolute atomic E-state index is 13.3. The molecule has 0 fully saturated rings. The second-order valence-corrected chi connectivity index (χ2v) is 9.39. The van der Waals surface area contributed by atoms with Crippen molar-refractivity contribution in [2.45, 2.75) is 0 Å². The molecule has 0 saturated carbocycles. The van der Waals surface area contributed by atoms with Gasteiger partial charge in [-0.15, -0.1) is 0 Å². The highest BCUT2D eigenvalue weighted by atomic mass is 16.2. The molecule has 0 spiro atoms. The normalized spacial score (nSPS) is 10.9. The third-order valence-corrected chi connectivity index (χ3v) is 6.76. The van der Waals surface area contributed by atoms with Crippen molar-refractivity contribution in [2.75, 3.05) is 13.1 Å². The number of nitrogens with one attached hydrogen (secondary N) is 2. The average molecular weight is 523 g/mol. The molecular formula is C34H26N4O2. The minimum absolute atomic E-state index is 0.217. The SMILES string of the molecule is O=C(NCCNC(=O)c1cc(-c2ccccc2)nc2ccccc12)c1cc(-c2ccccc2)nc2ccccc12. The van der Waals surface area contributed by atoms with Crippen LogP contribution >= 0.6 is 0 Å². The van der Waals surface area contributed by atoms with E-state index in [9.17, 15) is 9.59 Å². The molecule has 0 radical (unpaired) electrons. The summed E-state index contributed by atoms with van der Waals surface area (Å²) in [6.07, 6.45) is 0. The lowest BCUT2D eigenvalue weighted by molar-refractivity contribution is 0.0929. The van der Waals surface area contributed by atoms with E-state index in [0.29, 0.717) is 11.1 Å². The third kappa shape index (κ3) is 5.15. The zero-order chi connectivity index (χ0) is 27.3. The van der Waals surface area contributed by atoms with Gasteiger partial charge in [0.25, 0.3) is 11.8 Å². The van der Waals surface area contributed by atoms with Crippen molar-refractivity contribution in [3.8, 4) is 22.5 Å². The lowest BCUT2D eigenvalue weighted by atomic mass is 10.0. The number of fused-ring (bicyclic) bond motifs is 2. The summed E-state index contributed by atoms with van der Waals surface area (Å²) in [7, 11) is 0. The first-order chi connectivity index (χ1) is 19.7. The quantitative estimate of drug-likeness (QED) is 0.242. The number of hydrogen-bond donors (Lipinski definition) is 2. The van der Waals surface area contributed by atoms with Crippen LogP contribution in [0, 0.1) is 0 Å². The molecule has 0 unspecified atom stereocenters. The molecule has 6 nitrogen and oxygen atoms in total. The number of pyridine rings is 2. The van der Waals surface area contributed by atoms with Crippen LogP contribution in [-0.2, 0) is 0 Å². The van der Waals surface area contributed by atoms with E-state index in [2.05, 4.69) is 10.6 Å². The van der Waals surface area contributed by atoms with E-state index >= 15 is 0 Å². The average Bonchev–Trinajstić information content (AvgIpc) is 3.02. The van der Waals surface area contributed by atoms with E-state index in [1.165, 1.54) is 0 Å². The Hall–Kier alpha value is -5.36. The molecule has 2 N–H and O–H groups in total. The van der Waals surface area contributed by atoms with Crippen LogP contribution < -0.4 is 10.6 Å². The van der Waals surface area contributed by atoms with Gasteiger partial charge >= 0.3 is 0 Å². The Kier molecular flexibility index (Phi) is 6.97. The highest BCUT2D eigenvalue weighted by Gasteiger charge is 2.16. The Bertz CT molecular complexity index is 1700. The van der Waals surface area contributed by atoms with Gasteiger partial charge in [-0.2, -0.15) is 0 Å². The van der Waals surface area contributed by atoms with E-state index in [4.69, 9.17) is 9.97 Å². The minimum Gasteiger partial charge on any atom is -0.350 e. The standard InChI is InChI=1S/C34H26N4O2/c39-33(27-21-31(23-11-3-1-4-12-23)37-29-17-9-7-15-25(27)29)35-19-20-36-34(40)28-22-32(24-13-5-2-6-14-24)38-30-18-10-8-16-26(28)30/h1-18,21-22H,19-20H2,(H,35,39)(H,36,40). The molecule has 2 heterocycles. The molecular weight excluding hydrogens is 496 g/mol. The predicted molar refractivity (Wildman–Crippen MR) is 159 cm³/mol. The fourth-order valence-corrected chi connectivity index (χ4v) is 4.78. The predicted octanol–water partition coefficient (Wildman–Crippen LogP) is 6.28. The summed E-state index contributed by atoms with van der Waals surface area (Å²) in [6.45, 7) is 0.549. The summed E-state index contributed by atoms with van der Waals surface area (Å²) >= 11 is 0. The Morgan fingerprint density at radius 1 is 0.500 bits per heavy atom. The van der Waals surface area contributed by atoms with Crippen LogP contribution in [0.25, 0.3) is 44.3 Å². The van der Waals surface area contributed by atoms with Gasteiger partial charge in [-0.1, -0.05) is 97.1 Å². The van der Waals surface area contributed by atoms with Gasteiger partial charge in [-0.25, -0.2) is 9.97 Å². The minimum atomic E-state index is -0.217. The first-order valence-corrected chi connectivity index (χ1v) is 13.1. The van der Waals surface area contributed by atoms with Gasteiger partial charge < -0.3 is 10.6 Å². The highest BCUT2D eigenvalue weighted by Crippen LogP contribution is 2.26. The molecule has 6 heteroatoms. The van der Waals surface area contributed by atoms with Crippen molar-refractivity contribution in [3.05, 3.63) is 132 Å². The number of aromatic nitrogens is 2. The molecule has 0 bridgehead atoms. The van der Waals surface area contributed by atoms with Crippen LogP contribution in [0.2, 0.25) is 0 Å². The number of benzene rings is 4. The second-order valence-electron chi connectivity index (χ2n) is 9.39. The van der Waals surface area contributed by atoms with Crippen molar-refractivity contribution in [3.63, 3.8) is 0 Å². The number of carbonyl (C=O) groups is 2. The van der Waals surface area contributed by atoms with Crippen LogP contribution in [0.15, 0.2) is 121 Å². The molecule has 0 saturated heterocycles. The fourth-order valence-electron chi connectivity index (χ4n) is 4.78. The summed E-state index contributed by atoms with van der Waals surface area (Å²) < 4.78 is 0. The smallest absolute Gasteiger partial charge is 0.252 e. The molecule has 0 aliphatic heterocycles. The van der Waals surface area contributed by atoms with Crippen LogP contribution in [0.3, 0.4) is 0 Å². The van der Waals surface area contributed by atoms with Gasteiger partial charge in [0.2, 0.25) is 0 Å². The first kappa shape index (κ1) is 24.9. The van der Waals surface area contributed by atoms with Crippen LogP contribution in [-0.4, -0.2) is 34.9 Å². The Morgan fingerprint density at radius 2 is 0.875 bits per heavy atom. The molecule has 4 aromatic carbocycles. The Morgan fingerprint density at radius 3 is 1.30 bits per heavy atom. The summed E-state index contributed by atoms with van der Waals surface area (Å²) in [5.74, 6) is -0.434. The van der Waals surface area contributed by atoms with Crippen LogP contribution in [0.4, 0.5) is 0 Å². The van der Waals surface area contributed by atoms with E-state index < -0.39 is 0 Å². The molecule has 6 rings (SSSR count). The molecule has 2 amide bonds. The van der Waals surface area contributed by atoms with Gasteiger partial charge in [-0.05, 0) is 24.3 Å². The molecule has 40 heavy (non-hydrogen) atoms. The Balaban J connectivity index is 1.18. The molecule has 0 aliphatic carbocycles. The van der Waals surface area contributed by atoms with Crippen molar-refractivity contribution in [1.82, 2.24) is 20.6 Å². The summed E-state index contributed by atoms with van der Waals surface area (Å²) in [5, 5.41) is 7.47. The zero-order valence-corrected chi connectivity index (χ0v) is 21.7. The number of para-hydroxylation sites is 2. The number of hydrogen-bond acceptors (Lipinski definition) is 4. The van der Waals surface area contributed by atoms with E-state index in [-0.39, 0.29) is 24.9 Å². The topological polar surface area (TPSA) is 84.0 Å². The van der Waals surface area contributed by atoms with Gasteiger partial charge in [0.1, 0.15) is 0 Å². The van der Waals surface area contributed by atoms with E-state index in [1.54, 1.807) is 0 Å². The highest BCUT2D eigenvalue weighted by molar-refractivity contribution is 6.08. The maximum Gasteiger partial charge on any atom is 0.252 e. The number of nitrogens with zero attached hydrogens (tertiary/aromatic N) is 2. The van der Waals surface area contributed by atoms with Gasteiger partial charge in [0.15, 0.2) is 0 Å². The van der Waals surface area contributed by atoms with Crippen LogP contribution in [0.1, 0.15) is 20.7 Å². The Labute approximate surface area is 231 Å². The number of carbonyl (C=O) groups excluding carboxylic acids is 2. The monoisotopic (exact) mass is 522 g/mol. The summed E-state index contributed by atoms with van der Waals surface area (Å²) in [5.41, 5.74) is 5.94. The third-order valence-electron chi connectivity index (χ3n) is 6.76. The summed E-state index contributed by atoms with van der Waals surface area (Å²) in [6, 6.07) is 38.4. The first-order valence-electron chi connectivity index (χ1n) is 13.1. The molecule has 0 aliphatic rings. The van der Waals surface area contributed by atoms with Crippen LogP contribution in [0.5, 0.6) is 0 Å². The van der Waals surface area contributed by atoms with Crippen molar-refractivity contribution in [1.29, 1.82) is 0 Å². The molecule has 6 aromatic rings. The number of amides is 2. The van der Waals surface area contributed by atoms with Crippen molar-refractivity contribution < 1.29 is 9.59 Å². The summed E-state index contributed by atoms with van der Waals surface area (Å²) in [4.78, 5) is 36.1. The van der Waals surface area contributed by atoms with E-state index in [0.717, 1.165) is 44.3 Å². The lowest BCUT2D eigenvalue weighted by Gasteiger charge is -2.12. The van der Waals surface area contributed by atoms with Gasteiger partial charge in [0.05, 0.1) is 33.5 Å².